The number of fused-ring (bicyclic) bond motifs is 1. The Kier molecular flexibility index (Phi) is 4.13. The van der Waals surface area contributed by atoms with E-state index in [1.165, 1.54) is 6.07 Å². The van der Waals surface area contributed by atoms with Gasteiger partial charge in [-0.05, 0) is 48.4 Å². The molecular weight excluding hydrogens is 289 g/mol. The molecule has 4 heteroatoms. The van der Waals surface area contributed by atoms with Crippen molar-refractivity contribution in [3.63, 3.8) is 0 Å². The predicted molar refractivity (Wildman–Crippen MR) is 82.4 cm³/mol. The number of nitrogens with one attached hydrogen (secondary N) is 1. The highest BCUT2D eigenvalue weighted by molar-refractivity contribution is 6.30. The minimum absolute atomic E-state index is 0.0802. The van der Waals surface area contributed by atoms with Crippen LogP contribution in [0.1, 0.15) is 24.1 Å². The van der Waals surface area contributed by atoms with Crippen molar-refractivity contribution in [2.24, 2.45) is 0 Å². The minimum Gasteiger partial charge on any atom is -0.488 e. The van der Waals surface area contributed by atoms with Crippen molar-refractivity contribution in [2.75, 3.05) is 6.54 Å². The highest BCUT2D eigenvalue weighted by atomic mass is 35.5. The van der Waals surface area contributed by atoms with Gasteiger partial charge in [0.2, 0.25) is 0 Å². The van der Waals surface area contributed by atoms with Crippen LogP contribution in [0.2, 0.25) is 5.02 Å². The monoisotopic (exact) mass is 305 g/mol. The summed E-state index contributed by atoms with van der Waals surface area (Å²) in [7, 11) is 0. The Morgan fingerprint density at radius 1 is 1.33 bits per heavy atom. The molecule has 0 radical (unpaired) electrons. The first kappa shape index (κ1) is 14.4. The fourth-order valence-electron chi connectivity index (χ4n) is 2.60. The van der Waals surface area contributed by atoms with E-state index in [1.54, 1.807) is 12.1 Å². The topological polar surface area (TPSA) is 21.3 Å². The quantitative estimate of drug-likeness (QED) is 0.917. The Labute approximate surface area is 128 Å². The largest absolute Gasteiger partial charge is 0.488 e. The third kappa shape index (κ3) is 3.36. The molecule has 110 valence electrons. The summed E-state index contributed by atoms with van der Waals surface area (Å²) in [6.07, 6.45) is 0.938. The molecule has 2 nitrogen and oxygen atoms in total. The molecular formula is C17H17ClFNO. The molecule has 1 aliphatic heterocycles. The van der Waals surface area contributed by atoms with Crippen molar-refractivity contribution in [1.29, 1.82) is 0 Å². The molecule has 0 aliphatic carbocycles. The lowest BCUT2D eigenvalue weighted by Crippen LogP contribution is -2.31. The maximum Gasteiger partial charge on any atom is 0.123 e. The molecule has 2 atom stereocenters. The van der Waals surface area contributed by atoms with Crippen LogP contribution in [0.25, 0.3) is 0 Å². The average Bonchev–Trinajstić information content (AvgIpc) is 2.86. The summed E-state index contributed by atoms with van der Waals surface area (Å²) >= 11 is 5.99. The molecule has 1 N–H and O–H groups in total. The molecule has 0 saturated carbocycles. The molecule has 3 rings (SSSR count). The van der Waals surface area contributed by atoms with Gasteiger partial charge in [0.05, 0.1) is 0 Å². The van der Waals surface area contributed by atoms with Crippen molar-refractivity contribution in [2.45, 2.75) is 25.5 Å². The Hall–Kier alpha value is -1.58. The van der Waals surface area contributed by atoms with Crippen LogP contribution in [0.3, 0.4) is 0 Å². The maximum atomic E-state index is 13.2. The lowest BCUT2D eigenvalue weighted by Gasteiger charge is -2.17. The first-order chi connectivity index (χ1) is 10.1. The van der Waals surface area contributed by atoms with Gasteiger partial charge in [-0.2, -0.15) is 0 Å². The fourth-order valence-corrected chi connectivity index (χ4v) is 2.80. The van der Waals surface area contributed by atoms with Crippen LogP contribution in [0.4, 0.5) is 4.39 Å². The smallest absolute Gasteiger partial charge is 0.123 e. The van der Waals surface area contributed by atoms with E-state index < -0.39 is 0 Å². The average molecular weight is 306 g/mol. The van der Waals surface area contributed by atoms with Crippen molar-refractivity contribution >= 4 is 11.6 Å². The highest BCUT2D eigenvalue weighted by Crippen LogP contribution is 2.31. The SMILES string of the molecule is C[C@@H](NCC1Cc2cc(Cl)ccc2O1)c1cccc(F)c1. The number of hydrogen-bond donors (Lipinski definition) is 1. The second-order valence-electron chi connectivity index (χ2n) is 5.38. The summed E-state index contributed by atoms with van der Waals surface area (Å²) in [6, 6.07) is 12.4. The zero-order valence-corrected chi connectivity index (χ0v) is 12.5. The summed E-state index contributed by atoms with van der Waals surface area (Å²) in [5.74, 6) is 0.699. The van der Waals surface area contributed by atoms with E-state index in [9.17, 15) is 4.39 Å². The molecule has 21 heavy (non-hydrogen) atoms. The number of halogens is 2. The number of ether oxygens (including phenoxy) is 1. The molecule has 1 unspecified atom stereocenters. The van der Waals surface area contributed by atoms with Gasteiger partial charge < -0.3 is 10.1 Å². The summed E-state index contributed by atoms with van der Waals surface area (Å²) < 4.78 is 19.1. The van der Waals surface area contributed by atoms with Gasteiger partial charge in [-0.3, -0.25) is 0 Å². The number of hydrogen-bond acceptors (Lipinski definition) is 2. The van der Waals surface area contributed by atoms with Gasteiger partial charge in [-0.15, -0.1) is 0 Å². The van der Waals surface area contributed by atoms with Crippen LogP contribution >= 0.6 is 11.6 Å². The van der Waals surface area contributed by atoms with E-state index in [1.807, 2.05) is 31.2 Å². The van der Waals surface area contributed by atoms with Gasteiger partial charge in [0.15, 0.2) is 0 Å². The molecule has 2 aromatic carbocycles. The molecule has 2 aromatic rings. The van der Waals surface area contributed by atoms with Gasteiger partial charge in [0.25, 0.3) is 0 Å². The van der Waals surface area contributed by atoms with Crippen LogP contribution in [-0.4, -0.2) is 12.6 Å². The molecule has 0 fully saturated rings. The minimum atomic E-state index is -0.208. The lowest BCUT2D eigenvalue weighted by atomic mass is 10.1. The van der Waals surface area contributed by atoms with Crippen LogP contribution in [0.15, 0.2) is 42.5 Å². The van der Waals surface area contributed by atoms with Gasteiger partial charge in [0.1, 0.15) is 17.7 Å². The molecule has 0 aromatic heterocycles. The Morgan fingerprint density at radius 3 is 3.00 bits per heavy atom. The van der Waals surface area contributed by atoms with E-state index >= 15 is 0 Å². The van der Waals surface area contributed by atoms with Crippen LogP contribution in [-0.2, 0) is 6.42 Å². The van der Waals surface area contributed by atoms with Crippen LogP contribution in [0, 0.1) is 5.82 Å². The standard InChI is InChI=1S/C17H17ClFNO/c1-11(12-3-2-4-15(19)8-12)20-10-16-9-13-7-14(18)5-6-17(13)21-16/h2-8,11,16,20H,9-10H2,1H3/t11-,16?/m1/s1. The second-order valence-corrected chi connectivity index (χ2v) is 5.82. The zero-order chi connectivity index (χ0) is 14.8. The van der Waals surface area contributed by atoms with E-state index in [0.29, 0.717) is 6.54 Å². The molecule has 0 amide bonds. The van der Waals surface area contributed by atoms with Gasteiger partial charge in [-0.25, -0.2) is 4.39 Å². The Morgan fingerprint density at radius 2 is 2.19 bits per heavy atom. The molecule has 1 aliphatic rings. The van der Waals surface area contributed by atoms with Crippen molar-refractivity contribution in [1.82, 2.24) is 5.32 Å². The molecule has 0 spiro atoms. The molecule has 0 saturated heterocycles. The van der Waals surface area contributed by atoms with E-state index in [4.69, 9.17) is 16.3 Å². The normalized spacial score (nSPS) is 18.1. The zero-order valence-electron chi connectivity index (χ0n) is 11.8. The molecule has 0 bridgehead atoms. The van der Waals surface area contributed by atoms with Gasteiger partial charge in [-0.1, -0.05) is 23.7 Å². The first-order valence-electron chi connectivity index (χ1n) is 7.06. The van der Waals surface area contributed by atoms with E-state index in [0.717, 1.165) is 28.3 Å². The predicted octanol–water partition coefficient (Wildman–Crippen LogP) is 4.13. The lowest BCUT2D eigenvalue weighted by molar-refractivity contribution is 0.222. The second kappa shape index (κ2) is 6.04. The fraction of sp³-hybridized carbons (Fsp3) is 0.294. The first-order valence-corrected chi connectivity index (χ1v) is 7.43. The highest BCUT2D eigenvalue weighted by Gasteiger charge is 2.23. The Balaban J connectivity index is 1.57. The van der Waals surface area contributed by atoms with Gasteiger partial charge in [0, 0.05) is 24.0 Å². The molecule has 1 heterocycles. The maximum absolute atomic E-state index is 13.2. The number of benzene rings is 2. The van der Waals surface area contributed by atoms with Gasteiger partial charge >= 0.3 is 0 Å². The summed E-state index contributed by atoms with van der Waals surface area (Å²) in [5, 5.41) is 4.13. The number of rotatable bonds is 4. The summed E-state index contributed by atoms with van der Waals surface area (Å²) in [6.45, 7) is 2.73. The van der Waals surface area contributed by atoms with Crippen LogP contribution < -0.4 is 10.1 Å². The summed E-state index contributed by atoms with van der Waals surface area (Å²) in [5.41, 5.74) is 2.08. The summed E-state index contributed by atoms with van der Waals surface area (Å²) in [4.78, 5) is 0. The van der Waals surface area contributed by atoms with Crippen molar-refractivity contribution in [3.05, 3.63) is 64.4 Å². The van der Waals surface area contributed by atoms with Crippen molar-refractivity contribution < 1.29 is 9.13 Å². The van der Waals surface area contributed by atoms with E-state index in [2.05, 4.69) is 5.32 Å². The van der Waals surface area contributed by atoms with E-state index in [-0.39, 0.29) is 18.0 Å². The third-order valence-electron chi connectivity index (χ3n) is 3.76. The van der Waals surface area contributed by atoms with Crippen molar-refractivity contribution in [3.8, 4) is 5.75 Å². The van der Waals surface area contributed by atoms with Crippen LogP contribution in [0.5, 0.6) is 5.75 Å². The third-order valence-corrected chi connectivity index (χ3v) is 4.00. The Bertz CT molecular complexity index is 646.